The number of aromatic nitrogens is 1. The zero-order chi connectivity index (χ0) is 45.6. The van der Waals surface area contributed by atoms with Gasteiger partial charge in [-0.05, 0) is 66.2 Å². The van der Waals surface area contributed by atoms with Crippen molar-refractivity contribution in [2.75, 3.05) is 24.2 Å². The van der Waals surface area contributed by atoms with Gasteiger partial charge in [0.05, 0.1) is 0 Å². The van der Waals surface area contributed by atoms with Crippen LogP contribution in [-0.4, -0.2) is 81.2 Å². The average molecular weight is 925 g/mol. The molecule has 0 radical (unpaired) electrons. The number of carbonyl (C=O) groups excluding carboxylic acids is 3. The van der Waals surface area contributed by atoms with Crippen molar-refractivity contribution in [3.05, 3.63) is 202 Å². The van der Waals surface area contributed by atoms with Crippen molar-refractivity contribution in [1.82, 2.24) is 20.1 Å². The summed E-state index contributed by atoms with van der Waals surface area (Å²) in [5.41, 5.74) is 3.55. The molecule has 5 aromatic carbocycles. The van der Waals surface area contributed by atoms with E-state index in [1.165, 1.54) is 22.0 Å². The zero-order valence-corrected chi connectivity index (χ0v) is 37.5. The molecule has 6 aromatic rings. The number of hydrogen-bond acceptors (Lipinski definition) is 11. The Labute approximate surface area is 389 Å². The Morgan fingerprint density at radius 2 is 1.30 bits per heavy atom. The lowest BCUT2D eigenvalue weighted by molar-refractivity contribution is -0.154. The maximum absolute atomic E-state index is 14.7. The van der Waals surface area contributed by atoms with Crippen LogP contribution in [0.5, 0.6) is 0 Å². The molecule has 11 nitrogen and oxygen atoms in total. The minimum Gasteiger partial charge on any atom is -0.448 e. The quantitative estimate of drug-likeness (QED) is 0.0322. The molecule has 66 heavy (non-hydrogen) atoms. The topological polar surface area (TPSA) is 125 Å². The fourth-order valence-corrected chi connectivity index (χ4v) is 11.1. The minimum absolute atomic E-state index is 0.0533. The summed E-state index contributed by atoms with van der Waals surface area (Å²) in [5.74, 6) is -1.79. The fourth-order valence-electron chi connectivity index (χ4n) is 8.94. The number of esters is 1. The van der Waals surface area contributed by atoms with Crippen molar-refractivity contribution in [2.24, 2.45) is 5.16 Å². The molecule has 9 rings (SSSR count). The van der Waals surface area contributed by atoms with Gasteiger partial charge in [0.2, 0.25) is 0 Å². The van der Waals surface area contributed by atoms with E-state index in [1.54, 1.807) is 0 Å². The summed E-state index contributed by atoms with van der Waals surface area (Å²) in [6.07, 6.45) is 1.29. The van der Waals surface area contributed by atoms with Crippen molar-refractivity contribution in [2.45, 2.75) is 55.5 Å². The molecular weight excluding hydrogens is 879 g/mol. The molecule has 2 unspecified atom stereocenters. The SMILES string of the molecule is CC(C1=C(C(=O)OC(c2ccccc2)c2ccccc2)N2C(=O)C(NC(=O)C(=NOC(F)F)c3csc(NC(c4ccccc4)(c4ccccc4)c4ccccc4)n3)[C@@H]2SC1)N1CCCC1. The number of nitrogens with zero attached hydrogens (tertiary/aromatic N) is 4. The number of oxime groups is 1. The van der Waals surface area contributed by atoms with Gasteiger partial charge in [0.1, 0.15) is 28.3 Å². The Bertz CT molecular complexity index is 2570. The third-order valence-corrected chi connectivity index (χ3v) is 14.3. The maximum atomic E-state index is 14.7. The number of β-lactam (4-membered cyclic amide) rings is 1. The molecule has 3 aliphatic rings. The first-order valence-corrected chi connectivity index (χ1v) is 23.6. The van der Waals surface area contributed by atoms with Crippen LogP contribution in [-0.2, 0) is 29.5 Å². The summed E-state index contributed by atoms with van der Waals surface area (Å²) < 4.78 is 33.6. The molecule has 0 bridgehead atoms. The van der Waals surface area contributed by atoms with Crippen LogP contribution >= 0.6 is 23.1 Å². The van der Waals surface area contributed by atoms with Gasteiger partial charge in [-0.25, -0.2) is 9.78 Å². The van der Waals surface area contributed by atoms with Crippen molar-refractivity contribution in [1.29, 1.82) is 0 Å². The van der Waals surface area contributed by atoms with E-state index in [2.05, 4.69) is 25.5 Å². The van der Waals surface area contributed by atoms with Gasteiger partial charge in [-0.1, -0.05) is 157 Å². The first-order chi connectivity index (χ1) is 32.2. The number of anilines is 1. The van der Waals surface area contributed by atoms with Crippen LogP contribution in [0.4, 0.5) is 13.9 Å². The molecule has 0 spiro atoms. The summed E-state index contributed by atoms with van der Waals surface area (Å²) in [7, 11) is 0. The number of amides is 2. The van der Waals surface area contributed by atoms with Crippen LogP contribution in [0, 0.1) is 0 Å². The van der Waals surface area contributed by atoms with Crippen LogP contribution in [0.25, 0.3) is 0 Å². The number of carbonyl (C=O) groups is 3. The molecule has 2 fully saturated rings. The highest BCUT2D eigenvalue weighted by Crippen LogP contribution is 2.44. The monoisotopic (exact) mass is 924 g/mol. The van der Waals surface area contributed by atoms with Gasteiger partial charge in [0.25, 0.3) is 11.8 Å². The smallest absolute Gasteiger partial charge is 0.407 e. The minimum atomic E-state index is -3.34. The van der Waals surface area contributed by atoms with Crippen molar-refractivity contribution in [3.8, 4) is 0 Å². The summed E-state index contributed by atoms with van der Waals surface area (Å²) in [6.45, 7) is 0.404. The summed E-state index contributed by atoms with van der Waals surface area (Å²) >= 11 is 2.56. The van der Waals surface area contributed by atoms with Gasteiger partial charge in [-0.2, -0.15) is 8.78 Å². The molecule has 2 amide bonds. The van der Waals surface area contributed by atoms with Crippen molar-refractivity contribution >= 4 is 51.7 Å². The Balaban J connectivity index is 1.01. The molecule has 2 saturated heterocycles. The second kappa shape index (κ2) is 19.8. The Kier molecular flexibility index (Phi) is 13.4. The number of ether oxygens (including phenoxy) is 1. The average Bonchev–Trinajstić information content (AvgIpc) is 4.08. The van der Waals surface area contributed by atoms with E-state index in [0.717, 1.165) is 70.7 Å². The number of fused-ring (bicyclic) bond motifs is 1. The van der Waals surface area contributed by atoms with Gasteiger partial charge in [-0.3, -0.25) is 19.4 Å². The lowest BCUT2D eigenvalue weighted by Gasteiger charge is -2.50. The molecule has 3 aliphatic heterocycles. The van der Waals surface area contributed by atoms with E-state index < -0.39 is 53.2 Å². The second-order valence-electron chi connectivity index (χ2n) is 16.1. The number of halogens is 2. The Hall–Kier alpha value is -6.68. The largest absolute Gasteiger partial charge is 0.448 e. The summed E-state index contributed by atoms with van der Waals surface area (Å²) in [5, 5.41) is 11.1. The van der Waals surface area contributed by atoms with E-state index in [1.807, 2.05) is 159 Å². The van der Waals surface area contributed by atoms with E-state index in [0.29, 0.717) is 10.9 Å². The lowest BCUT2D eigenvalue weighted by Crippen LogP contribution is -2.71. The molecule has 0 saturated carbocycles. The van der Waals surface area contributed by atoms with Crippen LogP contribution in [0.1, 0.15) is 59.4 Å². The highest BCUT2D eigenvalue weighted by Gasteiger charge is 2.55. The maximum Gasteiger partial charge on any atom is 0.407 e. The van der Waals surface area contributed by atoms with E-state index >= 15 is 0 Å². The summed E-state index contributed by atoms with van der Waals surface area (Å²) in [4.78, 5) is 56.1. The van der Waals surface area contributed by atoms with Gasteiger partial charge >= 0.3 is 12.6 Å². The number of thioether (sulfide) groups is 1. The summed E-state index contributed by atoms with van der Waals surface area (Å²) in [6, 6.07) is 47.0. The van der Waals surface area contributed by atoms with E-state index in [4.69, 9.17) is 9.72 Å². The normalized spacial score (nSPS) is 18.2. The van der Waals surface area contributed by atoms with Crippen LogP contribution < -0.4 is 10.6 Å². The number of rotatable bonds is 16. The standard InChI is InChI=1S/C51H46F2N6O5S2/c1-33(58-29-17-18-30-58)39-31-65-47-42(46(61)59(47)43(39)48(62)63-44(34-19-7-2-8-20-34)35-21-9-3-10-22-35)55-45(60)41(57-64-49(52)53)40-32-66-50(54-40)56-51(36-23-11-4-12-24-36,37-25-13-5-14-26-37)38-27-15-6-16-28-38/h2-16,19-28,32-33,42,44,47,49H,17-18,29-31H2,1H3,(H,54,56)(H,55,60)/t33?,42?,47-/m0/s1. The van der Waals surface area contributed by atoms with Crippen LogP contribution in [0.2, 0.25) is 0 Å². The second-order valence-corrected chi connectivity index (χ2v) is 18.0. The van der Waals surface area contributed by atoms with Crippen LogP contribution in [0.3, 0.4) is 0 Å². The highest BCUT2D eigenvalue weighted by molar-refractivity contribution is 8.00. The number of thiazole rings is 1. The van der Waals surface area contributed by atoms with E-state index in [-0.39, 0.29) is 17.4 Å². The molecule has 1 aromatic heterocycles. The van der Waals surface area contributed by atoms with E-state index in [9.17, 15) is 23.2 Å². The third-order valence-electron chi connectivity index (χ3n) is 12.2. The van der Waals surface area contributed by atoms with Gasteiger partial charge in [-0.15, -0.1) is 23.1 Å². The molecule has 3 atom stereocenters. The molecule has 15 heteroatoms. The van der Waals surface area contributed by atoms with Gasteiger partial charge in [0, 0.05) is 17.2 Å². The lowest BCUT2D eigenvalue weighted by atomic mass is 9.77. The number of nitrogens with one attached hydrogen (secondary N) is 2. The Morgan fingerprint density at radius 1 is 0.788 bits per heavy atom. The highest BCUT2D eigenvalue weighted by atomic mass is 32.2. The van der Waals surface area contributed by atoms with Crippen molar-refractivity contribution in [3.63, 3.8) is 0 Å². The molecule has 0 aliphatic carbocycles. The predicted octanol–water partition coefficient (Wildman–Crippen LogP) is 8.96. The number of alkyl halides is 2. The first kappa shape index (κ1) is 44.5. The molecular formula is C51H46F2N6O5S2. The number of hydrogen-bond donors (Lipinski definition) is 2. The Morgan fingerprint density at radius 3 is 1.82 bits per heavy atom. The first-order valence-electron chi connectivity index (χ1n) is 21.7. The third kappa shape index (κ3) is 8.98. The van der Waals surface area contributed by atoms with Gasteiger partial charge < -0.3 is 20.2 Å². The number of benzene rings is 5. The van der Waals surface area contributed by atoms with Crippen molar-refractivity contribution < 1.29 is 32.7 Å². The fraction of sp³-hybridized carbons (Fsp3) is 0.235. The molecule has 336 valence electrons. The molecule has 4 heterocycles. The number of likely N-dealkylation sites (tertiary alicyclic amines) is 1. The van der Waals surface area contributed by atoms with Gasteiger partial charge in [0.15, 0.2) is 16.9 Å². The zero-order valence-electron chi connectivity index (χ0n) is 35.8. The predicted molar refractivity (Wildman–Crippen MR) is 252 cm³/mol. The molecule has 2 N–H and O–H groups in total. The van der Waals surface area contributed by atoms with Crippen LogP contribution in [0.15, 0.2) is 173 Å².